The topological polar surface area (TPSA) is 104 Å². The van der Waals surface area contributed by atoms with Crippen molar-refractivity contribution in [2.75, 3.05) is 32.8 Å². The van der Waals surface area contributed by atoms with E-state index in [0.717, 1.165) is 0 Å². The van der Waals surface area contributed by atoms with Crippen LogP contribution in [0.2, 0.25) is 0 Å². The Hall–Kier alpha value is -1.97. The molecule has 1 atom stereocenters. The molecule has 1 amide bonds. The quantitative estimate of drug-likeness (QED) is 0.825. The van der Waals surface area contributed by atoms with Crippen molar-refractivity contribution in [2.24, 2.45) is 0 Å². The molecule has 2 heterocycles. The first-order valence-corrected chi connectivity index (χ1v) is 9.57. The molecule has 2 aliphatic heterocycles. The Morgan fingerprint density at radius 3 is 2.56 bits per heavy atom. The fraction of sp³-hybridized carbons (Fsp3) is 0.500. The van der Waals surface area contributed by atoms with E-state index in [1.165, 1.54) is 33.5 Å². The molecule has 3 rings (SSSR count). The van der Waals surface area contributed by atoms with Gasteiger partial charge in [0.05, 0.1) is 18.1 Å². The minimum absolute atomic E-state index is 0.0336. The molecule has 25 heavy (non-hydrogen) atoms. The minimum Gasteiger partial charge on any atom is -0.480 e. The van der Waals surface area contributed by atoms with Crippen molar-refractivity contribution in [1.82, 2.24) is 9.21 Å². The highest BCUT2D eigenvalue weighted by Gasteiger charge is 2.35. The van der Waals surface area contributed by atoms with Gasteiger partial charge in [0, 0.05) is 25.2 Å². The summed E-state index contributed by atoms with van der Waals surface area (Å²) >= 11 is 0. The Morgan fingerprint density at radius 2 is 1.88 bits per heavy atom. The van der Waals surface area contributed by atoms with Crippen molar-refractivity contribution < 1.29 is 27.9 Å². The van der Waals surface area contributed by atoms with Gasteiger partial charge in [0.15, 0.2) is 0 Å². The zero-order valence-electron chi connectivity index (χ0n) is 13.6. The molecule has 2 saturated heterocycles. The Balaban J connectivity index is 1.86. The highest BCUT2D eigenvalue weighted by atomic mass is 32.2. The highest BCUT2D eigenvalue weighted by Crippen LogP contribution is 2.23. The van der Waals surface area contributed by atoms with Crippen LogP contribution in [0.5, 0.6) is 0 Å². The van der Waals surface area contributed by atoms with Gasteiger partial charge in [-0.15, -0.1) is 0 Å². The summed E-state index contributed by atoms with van der Waals surface area (Å²) in [5, 5.41) is 9.23. The number of aliphatic carboxylic acids is 1. The minimum atomic E-state index is -3.71. The van der Waals surface area contributed by atoms with Crippen molar-refractivity contribution in [2.45, 2.75) is 23.8 Å². The number of hydrogen-bond donors (Lipinski definition) is 1. The SMILES string of the molecule is O=C(O)[C@H]1CCCN1C(=O)c1cccc(S(=O)(=O)N2CCOCC2)c1. The average molecular weight is 368 g/mol. The molecule has 0 saturated carbocycles. The number of morpholine rings is 1. The van der Waals surface area contributed by atoms with Crippen LogP contribution in [0.15, 0.2) is 29.2 Å². The van der Waals surface area contributed by atoms with Crippen molar-refractivity contribution in [3.63, 3.8) is 0 Å². The first-order chi connectivity index (χ1) is 11.9. The fourth-order valence-corrected chi connectivity index (χ4v) is 4.61. The van der Waals surface area contributed by atoms with Crippen molar-refractivity contribution >= 4 is 21.9 Å². The molecule has 1 N–H and O–H groups in total. The zero-order valence-corrected chi connectivity index (χ0v) is 14.4. The molecule has 2 aliphatic rings. The predicted molar refractivity (Wildman–Crippen MR) is 87.7 cm³/mol. The maximum Gasteiger partial charge on any atom is 0.326 e. The zero-order chi connectivity index (χ0) is 18.0. The van der Waals surface area contributed by atoms with Crippen LogP contribution in [0.25, 0.3) is 0 Å². The summed E-state index contributed by atoms with van der Waals surface area (Å²) in [4.78, 5) is 25.3. The lowest BCUT2D eigenvalue weighted by molar-refractivity contribution is -0.141. The summed E-state index contributed by atoms with van der Waals surface area (Å²) in [6.45, 7) is 1.58. The van der Waals surface area contributed by atoms with Crippen molar-refractivity contribution in [3.05, 3.63) is 29.8 Å². The van der Waals surface area contributed by atoms with E-state index in [0.29, 0.717) is 32.6 Å². The number of ether oxygens (including phenoxy) is 1. The number of nitrogens with zero attached hydrogens (tertiary/aromatic N) is 2. The molecule has 0 unspecified atom stereocenters. The third-order valence-electron chi connectivity index (χ3n) is 4.49. The number of carbonyl (C=O) groups excluding carboxylic acids is 1. The van der Waals surface area contributed by atoms with Gasteiger partial charge in [0.25, 0.3) is 5.91 Å². The van der Waals surface area contributed by atoms with E-state index < -0.39 is 27.9 Å². The van der Waals surface area contributed by atoms with Gasteiger partial charge in [0.2, 0.25) is 10.0 Å². The monoisotopic (exact) mass is 368 g/mol. The maximum atomic E-state index is 12.7. The smallest absolute Gasteiger partial charge is 0.326 e. The average Bonchev–Trinajstić information content (AvgIpc) is 3.12. The third-order valence-corrected chi connectivity index (χ3v) is 6.38. The first kappa shape index (κ1) is 17.8. The van der Waals surface area contributed by atoms with Crippen LogP contribution in [0.1, 0.15) is 23.2 Å². The van der Waals surface area contributed by atoms with E-state index in [2.05, 4.69) is 0 Å². The summed E-state index contributed by atoms with van der Waals surface area (Å²) in [7, 11) is -3.71. The van der Waals surface area contributed by atoms with Crippen LogP contribution in [0.3, 0.4) is 0 Å². The molecule has 1 aromatic carbocycles. The predicted octanol–water partition coefficient (Wildman–Crippen LogP) is 0.397. The molecule has 8 nitrogen and oxygen atoms in total. The normalized spacial score (nSPS) is 22.1. The Labute approximate surface area is 146 Å². The standard InChI is InChI=1S/C16H20N2O6S/c19-15(18-6-2-5-14(18)16(20)21)12-3-1-4-13(11-12)25(22,23)17-7-9-24-10-8-17/h1,3-4,11,14H,2,5-10H2,(H,20,21)/t14-/m1/s1. The Morgan fingerprint density at radius 1 is 1.16 bits per heavy atom. The van der Waals surface area contributed by atoms with Crippen molar-refractivity contribution in [1.29, 1.82) is 0 Å². The molecule has 0 aliphatic carbocycles. The summed E-state index contributed by atoms with van der Waals surface area (Å²) < 4.78 is 31.9. The summed E-state index contributed by atoms with van der Waals surface area (Å²) in [6.07, 6.45) is 1.03. The third kappa shape index (κ3) is 3.53. The number of carboxylic acids is 1. The second-order valence-electron chi connectivity index (χ2n) is 6.04. The Bertz CT molecular complexity index is 773. The molecule has 9 heteroatoms. The number of sulfonamides is 1. The van der Waals surface area contributed by atoms with Gasteiger partial charge in [-0.05, 0) is 31.0 Å². The lowest BCUT2D eigenvalue weighted by Crippen LogP contribution is -2.41. The first-order valence-electron chi connectivity index (χ1n) is 8.13. The van der Waals surface area contributed by atoms with Gasteiger partial charge >= 0.3 is 5.97 Å². The molecular weight excluding hydrogens is 348 g/mol. The Kier molecular flexibility index (Phi) is 5.07. The molecule has 136 valence electrons. The van der Waals surface area contributed by atoms with Gasteiger partial charge in [-0.2, -0.15) is 4.31 Å². The summed E-state index contributed by atoms with van der Waals surface area (Å²) in [6, 6.07) is 4.93. The van der Waals surface area contributed by atoms with Crippen LogP contribution in [-0.4, -0.2) is 73.5 Å². The molecule has 0 spiro atoms. The number of rotatable bonds is 4. The van der Waals surface area contributed by atoms with Crippen molar-refractivity contribution in [3.8, 4) is 0 Å². The van der Waals surface area contributed by atoms with E-state index in [-0.39, 0.29) is 23.5 Å². The van der Waals surface area contributed by atoms with Gasteiger partial charge in [-0.1, -0.05) is 6.07 Å². The van der Waals surface area contributed by atoms with E-state index in [9.17, 15) is 23.1 Å². The largest absolute Gasteiger partial charge is 0.480 e. The second kappa shape index (κ2) is 7.11. The van der Waals surface area contributed by atoms with Crippen LogP contribution >= 0.6 is 0 Å². The van der Waals surface area contributed by atoms with Gasteiger partial charge < -0.3 is 14.7 Å². The molecule has 0 aromatic heterocycles. The second-order valence-corrected chi connectivity index (χ2v) is 7.98. The lowest BCUT2D eigenvalue weighted by atomic mass is 10.1. The fourth-order valence-electron chi connectivity index (χ4n) is 3.16. The van der Waals surface area contributed by atoms with E-state index in [4.69, 9.17) is 4.74 Å². The molecule has 1 aromatic rings. The summed E-state index contributed by atoms with van der Waals surface area (Å²) in [5.41, 5.74) is 0.183. The maximum absolute atomic E-state index is 12.7. The number of carboxylic acid groups (broad SMARTS) is 1. The number of hydrogen-bond acceptors (Lipinski definition) is 5. The van der Waals surface area contributed by atoms with Crippen LogP contribution < -0.4 is 0 Å². The van der Waals surface area contributed by atoms with Gasteiger partial charge in [-0.25, -0.2) is 13.2 Å². The molecule has 2 fully saturated rings. The molecular formula is C16H20N2O6S. The van der Waals surface area contributed by atoms with Gasteiger partial charge in [-0.3, -0.25) is 4.79 Å². The van der Waals surface area contributed by atoms with E-state index >= 15 is 0 Å². The van der Waals surface area contributed by atoms with Crippen LogP contribution in [-0.2, 0) is 19.6 Å². The molecule has 0 radical (unpaired) electrons. The molecule has 0 bridgehead atoms. The van der Waals surface area contributed by atoms with E-state index in [1.54, 1.807) is 0 Å². The highest BCUT2D eigenvalue weighted by molar-refractivity contribution is 7.89. The number of likely N-dealkylation sites (tertiary alicyclic amines) is 1. The van der Waals surface area contributed by atoms with Crippen LogP contribution in [0, 0.1) is 0 Å². The van der Waals surface area contributed by atoms with Crippen LogP contribution in [0.4, 0.5) is 0 Å². The number of carbonyl (C=O) groups is 2. The number of benzene rings is 1. The number of amides is 1. The van der Waals surface area contributed by atoms with E-state index in [1.807, 2.05) is 0 Å². The van der Waals surface area contributed by atoms with Gasteiger partial charge in [0.1, 0.15) is 6.04 Å². The summed E-state index contributed by atoms with van der Waals surface area (Å²) in [5.74, 6) is -1.49. The lowest BCUT2D eigenvalue weighted by Gasteiger charge is -2.26.